The average Bonchev–Trinajstić information content (AvgIpc) is 2.25. The Morgan fingerprint density at radius 1 is 1.35 bits per heavy atom. The summed E-state index contributed by atoms with van der Waals surface area (Å²) in [6.07, 6.45) is -0.389. The van der Waals surface area contributed by atoms with Crippen molar-refractivity contribution in [2.24, 2.45) is 0 Å². The Balaban J connectivity index is 2.98. The molecule has 0 radical (unpaired) electrons. The van der Waals surface area contributed by atoms with E-state index < -0.39 is 26.6 Å². The molecule has 0 aliphatic rings. The third-order valence-electron chi connectivity index (χ3n) is 2.15. The lowest BCUT2D eigenvalue weighted by molar-refractivity contribution is 0.122. The molecule has 17 heavy (non-hydrogen) atoms. The zero-order valence-corrected chi connectivity index (χ0v) is 10.2. The van der Waals surface area contributed by atoms with E-state index in [-0.39, 0.29) is 12.6 Å². The standard InChI is InChI=1S/C10H13F2NO3S/c1-7(16-2)6-13-17(14,15)10-8(11)4-3-5-9(10)12/h3-5,7,13H,6H2,1-2H3. The van der Waals surface area contributed by atoms with Crippen molar-refractivity contribution in [3.63, 3.8) is 0 Å². The van der Waals surface area contributed by atoms with Crippen LogP contribution < -0.4 is 4.72 Å². The molecule has 96 valence electrons. The van der Waals surface area contributed by atoms with Gasteiger partial charge in [-0.25, -0.2) is 21.9 Å². The Kier molecular flexibility index (Phi) is 4.55. The molecule has 0 saturated carbocycles. The van der Waals surface area contributed by atoms with Crippen LogP contribution in [0.25, 0.3) is 0 Å². The summed E-state index contributed by atoms with van der Waals surface area (Å²) in [7, 11) is -2.80. The van der Waals surface area contributed by atoms with E-state index in [1.54, 1.807) is 6.92 Å². The topological polar surface area (TPSA) is 55.4 Å². The molecule has 0 spiro atoms. The van der Waals surface area contributed by atoms with Crippen LogP contribution in [0.4, 0.5) is 8.78 Å². The van der Waals surface area contributed by atoms with Gasteiger partial charge in [-0.1, -0.05) is 6.07 Å². The van der Waals surface area contributed by atoms with Gasteiger partial charge < -0.3 is 4.74 Å². The first-order chi connectivity index (χ1) is 7.88. The molecule has 0 bridgehead atoms. The first-order valence-electron chi connectivity index (χ1n) is 4.85. The molecular formula is C10H13F2NO3S. The molecule has 1 rings (SSSR count). The second-order valence-corrected chi connectivity index (χ2v) is 5.15. The fourth-order valence-corrected chi connectivity index (χ4v) is 2.37. The minimum atomic E-state index is -4.21. The van der Waals surface area contributed by atoms with Crippen LogP contribution in [0, 0.1) is 11.6 Å². The van der Waals surface area contributed by atoms with Gasteiger partial charge in [-0.15, -0.1) is 0 Å². The largest absolute Gasteiger partial charge is 0.380 e. The highest BCUT2D eigenvalue weighted by atomic mass is 32.2. The highest BCUT2D eigenvalue weighted by molar-refractivity contribution is 7.89. The number of benzene rings is 1. The van der Waals surface area contributed by atoms with Crippen LogP contribution in [0.15, 0.2) is 23.1 Å². The molecule has 1 aromatic carbocycles. The summed E-state index contributed by atoms with van der Waals surface area (Å²) >= 11 is 0. The van der Waals surface area contributed by atoms with Gasteiger partial charge in [0, 0.05) is 13.7 Å². The molecule has 7 heteroatoms. The fourth-order valence-electron chi connectivity index (χ4n) is 1.12. The van der Waals surface area contributed by atoms with Crippen LogP contribution in [0.3, 0.4) is 0 Å². The first-order valence-corrected chi connectivity index (χ1v) is 6.33. The summed E-state index contributed by atoms with van der Waals surface area (Å²) in [5, 5.41) is 0. The molecular weight excluding hydrogens is 252 g/mol. The van der Waals surface area contributed by atoms with Crippen molar-refractivity contribution in [3.8, 4) is 0 Å². The van der Waals surface area contributed by atoms with Crippen molar-refractivity contribution in [1.29, 1.82) is 0 Å². The number of sulfonamides is 1. The summed E-state index contributed by atoms with van der Waals surface area (Å²) in [6.45, 7) is 1.56. The van der Waals surface area contributed by atoms with Crippen LogP contribution in [-0.2, 0) is 14.8 Å². The zero-order valence-electron chi connectivity index (χ0n) is 9.41. The van der Waals surface area contributed by atoms with Crippen LogP contribution in [-0.4, -0.2) is 28.2 Å². The molecule has 4 nitrogen and oxygen atoms in total. The van der Waals surface area contributed by atoms with Gasteiger partial charge in [0.15, 0.2) is 4.90 Å². The van der Waals surface area contributed by atoms with E-state index in [9.17, 15) is 17.2 Å². The van der Waals surface area contributed by atoms with E-state index in [1.807, 2.05) is 0 Å². The lowest BCUT2D eigenvalue weighted by Crippen LogP contribution is -2.32. The summed E-state index contributed by atoms with van der Waals surface area (Å²) < 4.78 is 56.7. The molecule has 0 amide bonds. The van der Waals surface area contributed by atoms with Crippen LogP contribution in [0.5, 0.6) is 0 Å². The first kappa shape index (κ1) is 14.0. The highest BCUT2D eigenvalue weighted by Crippen LogP contribution is 2.17. The number of halogens is 2. The number of hydrogen-bond donors (Lipinski definition) is 1. The third kappa shape index (κ3) is 3.45. The average molecular weight is 265 g/mol. The van der Waals surface area contributed by atoms with Crippen molar-refractivity contribution in [1.82, 2.24) is 4.72 Å². The smallest absolute Gasteiger partial charge is 0.246 e. The van der Waals surface area contributed by atoms with Gasteiger partial charge in [0.2, 0.25) is 10.0 Å². The second-order valence-electron chi connectivity index (χ2n) is 3.45. The molecule has 0 fully saturated rings. The number of nitrogens with one attached hydrogen (secondary N) is 1. The number of methoxy groups -OCH3 is 1. The predicted octanol–water partition coefficient (Wildman–Crippen LogP) is 1.28. The summed E-state index contributed by atoms with van der Waals surface area (Å²) in [6, 6.07) is 2.87. The SMILES string of the molecule is COC(C)CNS(=O)(=O)c1c(F)cccc1F. The molecule has 1 unspecified atom stereocenters. The van der Waals surface area contributed by atoms with E-state index in [0.717, 1.165) is 18.2 Å². The highest BCUT2D eigenvalue weighted by Gasteiger charge is 2.23. The van der Waals surface area contributed by atoms with Crippen molar-refractivity contribution < 1.29 is 21.9 Å². The van der Waals surface area contributed by atoms with E-state index >= 15 is 0 Å². The second kappa shape index (κ2) is 5.52. The molecule has 0 saturated heterocycles. The molecule has 0 aliphatic heterocycles. The lowest BCUT2D eigenvalue weighted by atomic mass is 10.3. The minimum Gasteiger partial charge on any atom is -0.380 e. The van der Waals surface area contributed by atoms with Crippen molar-refractivity contribution >= 4 is 10.0 Å². The maximum absolute atomic E-state index is 13.3. The molecule has 1 aromatic rings. The van der Waals surface area contributed by atoms with Gasteiger partial charge in [-0.05, 0) is 19.1 Å². The third-order valence-corrected chi connectivity index (χ3v) is 3.63. The number of hydrogen-bond acceptors (Lipinski definition) is 3. The van der Waals surface area contributed by atoms with E-state index in [0.29, 0.717) is 0 Å². The Hall–Kier alpha value is -1.05. The fraction of sp³-hybridized carbons (Fsp3) is 0.400. The predicted molar refractivity (Wildman–Crippen MR) is 58.0 cm³/mol. The Morgan fingerprint density at radius 2 is 1.88 bits per heavy atom. The zero-order chi connectivity index (χ0) is 13.1. The van der Waals surface area contributed by atoms with E-state index in [2.05, 4.69) is 4.72 Å². The van der Waals surface area contributed by atoms with Gasteiger partial charge in [0.25, 0.3) is 0 Å². The lowest BCUT2D eigenvalue weighted by Gasteiger charge is -2.12. The molecule has 1 atom stereocenters. The molecule has 1 N–H and O–H groups in total. The van der Waals surface area contributed by atoms with Gasteiger partial charge >= 0.3 is 0 Å². The van der Waals surface area contributed by atoms with Crippen molar-refractivity contribution in [3.05, 3.63) is 29.8 Å². The maximum atomic E-state index is 13.3. The van der Waals surface area contributed by atoms with Gasteiger partial charge in [0.1, 0.15) is 11.6 Å². The molecule has 0 aliphatic carbocycles. The quantitative estimate of drug-likeness (QED) is 0.872. The van der Waals surface area contributed by atoms with Crippen LogP contribution in [0.2, 0.25) is 0 Å². The Morgan fingerprint density at radius 3 is 2.35 bits per heavy atom. The van der Waals surface area contributed by atoms with Gasteiger partial charge in [0.05, 0.1) is 6.10 Å². The van der Waals surface area contributed by atoms with Gasteiger partial charge in [-0.2, -0.15) is 0 Å². The van der Waals surface area contributed by atoms with E-state index in [1.165, 1.54) is 7.11 Å². The van der Waals surface area contributed by atoms with Crippen LogP contribution >= 0.6 is 0 Å². The molecule has 0 heterocycles. The van der Waals surface area contributed by atoms with Gasteiger partial charge in [-0.3, -0.25) is 0 Å². The normalized spacial score (nSPS) is 13.6. The Labute approximate surface area is 98.6 Å². The molecule has 0 aromatic heterocycles. The number of rotatable bonds is 5. The minimum absolute atomic E-state index is 0.0629. The van der Waals surface area contributed by atoms with Crippen LogP contribution in [0.1, 0.15) is 6.92 Å². The monoisotopic (exact) mass is 265 g/mol. The maximum Gasteiger partial charge on any atom is 0.246 e. The summed E-state index contributed by atoms with van der Waals surface area (Å²) in [5.41, 5.74) is 0. The summed E-state index contributed by atoms with van der Waals surface area (Å²) in [4.78, 5) is -0.969. The van der Waals surface area contributed by atoms with Crippen molar-refractivity contribution in [2.75, 3.05) is 13.7 Å². The van der Waals surface area contributed by atoms with E-state index in [4.69, 9.17) is 4.74 Å². The number of ether oxygens (including phenoxy) is 1. The summed E-state index contributed by atoms with van der Waals surface area (Å²) in [5.74, 6) is -2.25. The van der Waals surface area contributed by atoms with Crippen molar-refractivity contribution in [2.45, 2.75) is 17.9 Å². The Bertz CT molecular complexity index is 470.